The van der Waals surface area contributed by atoms with E-state index in [2.05, 4.69) is 10.4 Å². The Bertz CT molecular complexity index is 812. The molecule has 1 amide bonds. The molecule has 0 unspecified atom stereocenters. The van der Waals surface area contributed by atoms with Gasteiger partial charge in [0.2, 0.25) is 5.91 Å². The van der Waals surface area contributed by atoms with Crippen LogP contribution in [0.1, 0.15) is 23.9 Å². The molecule has 1 aromatic heterocycles. The highest BCUT2D eigenvalue weighted by Gasteiger charge is 2.12. The van der Waals surface area contributed by atoms with Crippen molar-refractivity contribution in [1.82, 2.24) is 9.78 Å². The van der Waals surface area contributed by atoms with Crippen molar-refractivity contribution in [1.29, 1.82) is 0 Å². The molecule has 0 radical (unpaired) electrons. The number of carbonyl (C=O) groups is 1. The number of rotatable bonds is 6. The Hall–Kier alpha value is -2.47. The predicted molar refractivity (Wildman–Crippen MR) is 99.5 cm³/mol. The molecule has 0 spiro atoms. The summed E-state index contributed by atoms with van der Waals surface area (Å²) >= 11 is 6.23. The van der Waals surface area contributed by atoms with Crippen LogP contribution in [0.15, 0.2) is 18.2 Å². The molecule has 0 saturated carbocycles. The lowest BCUT2D eigenvalue weighted by Gasteiger charge is -2.11. The molecule has 0 aliphatic rings. The van der Waals surface area contributed by atoms with Gasteiger partial charge in [-0.3, -0.25) is 9.48 Å². The Morgan fingerprint density at radius 3 is 2.68 bits per heavy atom. The van der Waals surface area contributed by atoms with Gasteiger partial charge in [-0.25, -0.2) is 0 Å². The number of aryl methyl sites for hydroxylation is 2. The number of nitrogens with zero attached hydrogens (tertiary/aromatic N) is 2. The van der Waals surface area contributed by atoms with E-state index < -0.39 is 0 Å². The lowest BCUT2D eigenvalue weighted by atomic mass is 10.2. The van der Waals surface area contributed by atoms with E-state index in [4.69, 9.17) is 21.1 Å². The molecule has 0 bridgehead atoms. The van der Waals surface area contributed by atoms with Gasteiger partial charge in [0.1, 0.15) is 0 Å². The van der Waals surface area contributed by atoms with Crippen LogP contribution >= 0.6 is 11.6 Å². The summed E-state index contributed by atoms with van der Waals surface area (Å²) in [5.41, 5.74) is 3.12. The molecule has 2 aromatic rings. The zero-order valence-corrected chi connectivity index (χ0v) is 15.8. The maximum Gasteiger partial charge on any atom is 0.248 e. The average molecular weight is 364 g/mol. The number of ether oxygens (including phenoxy) is 2. The van der Waals surface area contributed by atoms with Gasteiger partial charge in [0.05, 0.1) is 35.8 Å². The highest BCUT2D eigenvalue weighted by molar-refractivity contribution is 6.32. The zero-order valence-electron chi connectivity index (χ0n) is 15.0. The van der Waals surface area contributed by atoms with Crippen molar-refractivity contribution >= 4 is 29.3 Å². The van der Waals surface area contributed by atoms with Crippen LogP contribution in [0.25, 0.3) is 6.08 Å². The maximum absolute atomic E-state index is 12.2. The fraction of sp³-hybridized carbons (Fsp3) is 0.333. The minimum Gasteiger partial charge on any atom is -0.493 e. The van der Waals surface area contributed by atoms with Crippen LogP contribution in [0.4, 0.5) is 5.69 Å². The summed E-state index contributed by atoms with van der Waals surface area (Å²) < 4.78 is 12.5. The Morgan fingerprint density at radius 2 is 2.12 bits per heavy atom. The third-order valence-corrected chi connectivity index (χ3v) is 4.01. The summed E-state index contributed by atoms with van der Waals surface area (Å²) in [7, 11) is 3.38. The first-order valence-electron chi connectivity index (χ1n) is 7.87. The molecule has 25 heavy (non-hydrogen) atoms. The van der Waals surface area contributed by atoms with Crippen molar-refractivity contribution in [2.45, 2.75) is 20.8 Å². The van der Waals surface area contributed by atoms with E-state index in [1.165, 1.54) is 6.08 Å². The Balaban J connectivity index is 2.18. The number of halogens is 1. The molecule has 1 N–H and O–H groups in total. The van der Waals surface area contributed by atoms with Crippen molar-refractivity contribution in [2.24, 2.45) is 7.05 Å². The lowest BCUT2D eigenvalue weighted by Crippen LogP contribution is -2.09. The quantitative estimate of drug-likeness (QED) is 0.794. The maximum atomic E-state index is 12.2. The highest BCUT2D eigenvalue weighted by atomic mass is 35.5. The molecule has 6 nitrogen and oxygen atoms in total. The van der Waals surface area contributed by atoms with Gasteiger partial charge < -0.3 is 14.8 Å². The summed E-state index contributed by atoms with van der Waals surface area (Å²) in [5.74, 6) is 0.770. The average Bonchev–Trinajstić information content (AvgIpc) is 2.81. The summed E-state index contributed by atoms with van der Waals surface area (Å²) in [4.78, 5) is 12.2. The van der Waals surface area contributed by atoms with Crippen LogP contribution in [-0.4, -0.2) is 29.4 Å². The molecule has 2 rings (SSSR count). The number of aromatic nitrogens is 2. The molecule has 0 aliphatic carbocycles. The monoisotopic (exact) mass is 363 g/mol. The predicted octanol–water partition coefficient (Wildman–Crippen LogP) is 3.75. The molecule has 0 atom stereocenters. The first-order chi connectivity index (χ1) is 11.9. The first kappa shape index (κ1) is 18.9. The van der Waals surface area contributed by atoms with Crippen molar-refractivity contribution < 1.29 is 14.3 Å². The number of methoxy groups -OCH3 is 1. The largest absolute Gasteiger partial charge is 0.493 e. The van der Waals surface area contributed by atoms with Gasteiger partial charge >= 0.3 is 0 Å². The second-order valence-corrected chi connectivity index (χ2v) is 5.87. The van der Waals surface area contributed by atoms with E-state index >= 15 is 0 Å². The molecular weight excluding hydrogens is 342 g/mol. The van der Waals surface area contributed by atoms with Crippen molar-refractivity contribution in [2.75, 3.05) is 19.0 Å². The standard InChI is InChI=1S/C18H22ClN3O3/c1-6-25-18-14(19)9-13(10-15(18)24-5)7-8-16(23)20-17-11(2)21-22(4)12(17)3/h7-10H,6H2,1-5H3,(H,20,23). The molecule has 1 aromatic carbocycles. The fourth-order valence-electron chi connectivity index (χ4n) is 2.41. The highest BCUT2D eigenvalue weighted by Crippen LogP contribution is 2.36. The van der Waals surface area contributed by atoms with E-state index in [0.717, 1.165) is 22.6 Å². The third-order valence-electron chi connectivity index (χ3n) is 3.72. The Labute approximate surface area is 152 Å². The van der Waals surface area contributed by atoms with E-state index in [-0.39, 0.29) is 5.91 Å². The van der Waals surface area contributed by atoms with Gasteiger partial charge in [0, 0.05) is 13.1 Å². The summed E-state index contributed by atoms with van der Waals surface area (Å²) in [6.07, 6.45) is 3.11. The van der Waals surface area contributed by atoms with Crippen molar-refractivity contribution in [3.8, 4) is 11.5 Å². The molecule has 0 saturated heterocycles. The number of hydrogen-bond donors (Lipinski definition) is 1. The van der Waals surface area contributed by atoms with Crippen LogP contribution in [0.3, 0.4) is 0 Å². The number of nitrogens with one attached hydrogen (secondary N) is 1. The van der Waals surface area contributed by atoms with Crippen LogP contribution in [-0.2, 0) is 11.8 Å². The van der Waals surface area contributed by atoms with Gasteiger partial charge in [-0.2, -0.15) is 5.10 Å². The Kier molecular flexibility index (Phi) is 6.09. The van der Waals surface area contributed by atoms with Crippen LogP contribution < -0.4 is 14.8 Å². The van der Waals surface area contributed by atoms with Crippen molar-refractivity contribution in [3.05, 3.63) is 40.2 Å². The lowest BCUT2D eigenvalue weighted by molar-refractivity contribution is -0.111. The molecule has 7 heteroatoms. The molecule has 1 heterocycles. The van der Waals surface area contributed by atoms with E-state index in [1.807, 2.05) is 27.8 Å². The topological polar surface area (TPSA) is 65.4 Å². The molecule has 0 aliphatic heterocycles. The summed E-state index contributed by atoms with van der Waals surface area (Å²) in [5, 5.41) is 7.55. The third kappa shape index (κ3) is 4.33. The zero-order chi connectivity index (χ0) is 18.6. The molecule has 134 valence electrons. The first-order valence-corrected chi connectivity index (χ1v) is 8.24. The van der Waals surface area contributed by atoms with Crippen LogP contribution in [0.5, 0.6) is 11.5 Å². The van der Waals surface area contributed by atoms with Gasteiger partial charge in [-0.15, -0.1) is 0 Å². The van der Waals surface area contributed by atoms with Gasteiger partial charge in [-0.05, 0) is 44.5 Å². The number of hydrogen-bond acceptors (Lipinski definition) is 4. The van der Waals surface area contributed by atoms with Crippen molar-refractivity contribution in [3.63, 3.8) is 0 Å². The number of amides is 1. The number of anilines is 1. The van der Waals surface area contributed by atoms with Gasteiger partial charge in [-0.1, -0.05) is 11.6 Å². The van der Waals surface area contributed by atoms with E-state index in [1.54, 1.807) is 30.0 Å². The minimum absolute atomic E-state index is 0.247. The smallest absolute Gasteiger partial charge is 0.248 e. The van der Waals surface area contributed by atoms with Gasteiger partial charge in [0.25, 0.3) is 0 Å². The van der Waals surface area contributed by atoms with E-state index in [9.17, 15) is 4.79 Å². The number of benzene rings is 1. The second-order valence-electron chi connectivity index (χ2n) is 5.46. The molecular formula is C18H22ClN3O3. The number of carbonyl (C=O) groups excluding carboxylic acids is 1. The second kappa shape index (κ2) is 8.07. The normalized spacial score (nSPS) is 11.0. The van der Waals surface area contributed by atoms with Crippen LogP contribution in [0, 0.1) is 13.8 Å². The fourth-order valence-corrected chi connectivity index (χ4v) is 2.69. The SMILES string of the molecule is CCOc1c(Cl)cc(C=CC(=O)Nc2c(C)nn(C)c2C)cc1OC. The molecule has 0 fully saturated rings. The minimum atomic E-state index is -0.247. The summed E-state index contributed by atoms with van der Waals surface area (Å²) in [6, 6.07) is 3.49. The summed E-state index contributed by atoms with van der Waals surface area (Å²) in [6.45, 7) is 6.10. The van der Waals surface area contributed by atoms with Gasteiger partial charge in [0.15, 0.2) is 11.5 Å². The Morgan fingerprint density at radius 1 is 1.40 bits per heavy atom. The van der Waals surface area contributed by atoms with Crippen LogP contribution in [0.2, 0.25) is 5.02 Å². The van der Waals surface area contributed by atoms with E-state index in [0.29, 0.717) is 23.1 Å².